The second-order valence-electron chi connectivity index (χ2n) is 6.77. The Kier molecular flexibility index (Phi) is 5.47. The average Bonchev–Trinajstić information content (AvgIpc) is 2.62. The predicted octanol–water partition coefficient (Wildman–Crippen LogP) is 2.41. The fraction of sp³-hybridized carbons (Fsp3) is 0.647. The molecule has 25 heavy (non-hydrogen) atoms. The van der Waals surface area contributed by atoms with Crippen molar-refractivity contribution in [2.75, 3.05) is 18.0 Å². The summed E-state index contributed by atoms with van der Waals surface area (Å²) in [5.41, 5.74) is 5.26. The van der Waals surface area contributed by atoms with Crippen molar-refractivity contribution < 1.29 is 14.5 Å². The first-order valence-electron chi connectivity index (χ1n) is 8.89. The Labute approximate surface area is 146 Å². The molecule has 0 spiro atoms. The third kappa shape index (κ3) is 4.25. The Morgan fingerprint density at radius 3 is 2.44 bits per heavy atom. The summed E-state index contributed by atoms with van der Waals surface area (Å²) in [6, 6.07) is 1.20. The van der Waals surface area contributed by atoms with E-state index in [9.17, 15) is 14.9 Å². The lowest BCUT2D eigenvalue weighted by Crippen LogP contribution is -2.40. The second kappa shape index (κ2) is 7.77. The Hall–Kier alpha value is -2.22. The average molecular weight is 348 g/mol. The quantitative estimate of drug-likeness (QED) is 0.646. The lowest BCUT2D eigenvalue weighted by atomic mass is 9.97. The van der Waals surface area contributed by atoms with Crippen molar-refractivity contribution in [3.63, 3.8) is 0 Å². The van der Waals surface area contributed by atoms with Gasteiger partial charge in [-0.25, -0.2) is 4.98 Å². The molecule has 0 atom stereocenters. The van der Waals surface area contributed by atoms with Crippen LogP contribution in [-0.2, 0) is 4.74 Å². The highest BCUT2D eigenvalue weighted by Gasteiger charge is 2.27. The number of primary amides is 1. The summed E-state index contributed by atoms with van der Waals surface area (Å²) in [7, 11) is 0. The smallest absolute Gasteiger partial charge is 0.288 e. The number of aromatic nitrogens is 1. The molecule has 2 heterocycles. The van der Waals surface area contributed by atoms with E-state index in [1.165, 1.54) is 31.5 Å². The molecule has 1 saturated carbocycles. The first kappa shape index (κ1) is 17.6. The van der Waals surface area contributed by atoms with Gasteiger partial charge in [0.1, 0.15) is 12.0 Å². The molecule has 8 nitrogen and oxygen atoms in total. The van der Waals surface area contributed by atoms with Crippen LogP contribution in [0.25, 0.3) is 0 Å². The second-order valence-corrected chi connectivity index (χ2v) is 6.77. The number of ether oxygens (including phenoxy) is 1. The van der Waals surface area contributed by atoms with Crippen LogP contribution in [0.1, 0.15) is 55.3 Å². The van der Waals surface area contributed by atoms with E-state index in [4.69, 9.17) is 10.5 Å². The largest absolute Gasteiger partial charge is 0.375 e. The Morgan fingerprint density at radius 1 is 1.20 bits per heavy atom. The molecular weight excluding hydrogens is 324 g/mol. The van der Waals surface area contributed by atoms with E-state index in [0.717, 1.165) is 25.7 Å². The van der Waals surface area contributed by atoms with E-state index >= 15 is 0 Å². The molecule has 2 N–H and O–H groups in total. The minimum Gasteiger partial charge on any atom is -0.375 e. The molecule has 1 aliphatic heterocycles. The first-order valence-corrected chi connectivity index (χ1v) is 8.89. The van der Waals surface area contributed by atoms with Gasteiger partial charge in [-0.1, -0.05) is 19.3 Å². The molecule has 1 aromatic rings. The highest BCUT2D eigenvalue weighted by molar-refractivity contribution is 5.98. The Morgan fingerprint density at radius 2 is 1.84 bits per heavy atom. The molecule has 8 heteroatoms. The maximum absolute atomic E-state index is 11.7. The van der Waals surface area contributed by atoms with Crippen LogP contribution in [-0.4, -0.2) is 41.1 Å². The van der Waals surface area contributed by atoms with Crippen molar-refractivity contribution >= 4 is 17.4 Å². The van der Waals surface area contributed by atoms with Crippen LogP contribution in [0.15, 0.2) is 12.3 Å². The summed E-state index contributed by atoms with van der Waals surface area (Å²) >= 11 is 0. The maximum atomic E-state index is 11.7. The highest BCUT2D eigenvalue weighted by atomic mass is 16.6. The monoisotopic (exact) mass is 348 g/mol. The molecule has 2 aliphatic rings. The summed E-state index contributed by atoms with van der Waals surface area (Å²) < 4.78 is 6.22. The zero-order valence-corrected chi connectivity index (χ0v) is 14.2. The van der Waals surface area contributed by atoms with Crippen molar-refractivity contribution in [3.05, 3.63) is 27.9 Å². The number of hydrogen-bond acceptors (Lipinski definition) is 6. The molecule has 1 saturated heterocycles. The summed E-state index contributed by atoms with van der Waals surface area (Å²) in [5.74, 6) is -0.277. The van der Waals surface area contributed by atoms with Gasteiger partial charge in [-0.3, -0.25) is 14.9 Å². The van der Waals surface area contributed by atoms with Crippen LogP contribution in [0.5, 0.6) is 0 Å². The van der Waals surface area contributed by atoms with E-state index in [1.807, 2.05) is 4.90 Å². The summed E-state index contributed by atoms with van der Waals surface area (Å²) in [4.78, 5) is 28.1. The van der Waals surface area contributed by atoms with Gasteiger partial charge in [0.25, 0.3) is 11.6 Å². The van der Waals surface area contributed by atoms with Gasteiger partial charge < -0.3 is 15.4 Å². The molecule has 0 radical (unpaired) electrons. The molecule has 0 unspecified atom stereocenters. The number of carbonyl (C=O) groups is 1. The molecule has 1 aromatic heterocycles. The van der Waals surface area contributed by atoms with Crippen molar-refractivity contribution in [2.24, 2.45) is 5.73 Å². The third-order valence-corrected chi connectivity index (χ3v) is 5.01. The van der Waals surface area contributed by atoms with Gasteiger partial charge in [0.2, 0.25) is 0 Å². The predicted molar refractivity (Wildman–Crippen MR) is 92.6 cm³/mol. The number of amides is 1. The van der Waals surface area contributed by atoms with E-state index in [2.05, 4.69) is 4.98 Å². The minimum absolute atomic E-state index is 0.0980. The first-order chi connectivity index (χ1) is 12.0. The standard InChI is InChI=1S/C17H24N4O4/c18-16(22)15-10-12(21(23)24)11-19-17(15)20-8-6-14(7-9-20)25-13-4-2-1-3-5-13/h10-11,13-14H,1-9H2,(H2,18,22). The number of carbonyl (C=O) groups excluding carboxylic acids is 1. The van der Waals surface area contributed by atoms with Crippen LogP contribution >= 0.6 is 0 Å². The Bertz CT molecular complexity index is 638. The van der Waals surface area contributed by atoms with Crippen LogP contribution in [0, 0.1) is 10.1 Å². The van der Waals surface area contributed by atoms with Gasteiger partial charge in [-0.2, -0.15) is 0 Å². The van der Waals surface area contributed by atoms with Gasteiger partial charge in [-0.05, 0) is 25.7 Å². The number of pyridine rings is 1. The van der Waals surface area contributed by atoms with E-state index in [0.29, 0.717) is 25.0 Å². The van der Waals surface area contributed by atoms with Gasteiger partial charge in [0.15, 0.2) is 0 Å². The highest BCUT2D eigenvalue weighted by Crippen LogP contribution is 2.28. The summed E-state index contributed by atoms with van der Waals surface area (Å²) in [5, 5.41) is 10.9. The lowest BCUT2D eigenvalue weighted by molar-refractivity contribution is -0.385. The van der Waals surface area contributed by atoms with Crippen molar-refractivity contribution in [3.8, 4) is 0 Å². The molecule has 2 fully saturated rings. The van der Waals surface area contributed by atoms with Gasteiger partial charge in [0.05, 0.1) is 22.7 Å². The molecule has 0 aromatic carbocycles. The number of nitro groups is 1. The fourth-order valence-corrected chi connectivity index (χ4v) is 3.66. The number of hydrogen-bond donors (Lipinski definition) is 1. The van der Waals surface area contributed by atoms with Crippen LogP contribution in [0.3, 0.4) is 0 Å². The number of piperidine rings is 1. The zero-order valence-electron chi connectivity index (χ0n) is 14.2. The molecule has 1 amide bonds. The number of rotatable bonds is 5. The van der Waals surface area contributed by atoms with Gasteiger partial charge >= 0.3 is 0 Å². The molecule has 0 bridgehead atoms. The molecule has 1 aliphatic carbocycles. The van der Waals surface area contributed by atoms with E-state index in [1.54, 1.807) is 0 Å². The summed E-state index contributed by atoms with van der Waals surface area (Å²) in [6.07, 6.45) is 9.59. The SMILES string of the molecule is NC(=O)c1cc([N+](=O)[O-])cnc1N1CCC(OC2CCCCC2)CC1. The Balaban J connectivity index is 1.64. The van der Waals surface area contributed by atoms with Crippen molar-refractivity contribution in [2.45, 2.75) is 57.2 Å². The molecule has 136 valence electrons. The lowest BCUT2D eigenvalue weighted by Gasteiger charge is -2.35. The van der Waals surface area contributed by atoms with E-state index in [-0.39, 0.29) is 17.4 Å². The van der Waals surface area contributed by atoms with Crippen molar-refractivity contribution in [1.29, 1.82) is 0 Å². The van der Waals surface area contributed by atoms with Gasteiger partial charge in [-0.15, -0.1) is 0 Å². The van der Waals surface area contributed by atoms with Crippen molar-refractivity contribution in [1.82, 2.24) is 4.98 Å². The zero-order chi connectivity index (χ0) is 17.8. The third-order valence-electron chi connectivity index (χ3n) is 5.01. The maximum Gasteiger partial charge on any atom is 0.288 e. The molecular formula is C17H24N4O4. The van der Waals surface area contributed by atoms with Gasteiger partial charge in [0, 0.05) is 19.2 Å². The fourth-order valence-electron chi connectivity index (χ4n) is 3.66. The minimum atomic E-state index is -0.702. The number of anilines is 1. The number of nitrogens with two attached hydrogens (primary N) is 1. The number of nitrogens with zero attached hydrogens (tertiary/aromatic N) is 3. The summed E-state index contributed by atoms with van der Waals surface area (Å²) in [6.45, 7) is 1.39. The normalized spacial score (nSPS) is 19.8. The van der Waals surface area contributed by atoms with Crippen LogP contribution in [0.2, 0.25) is 0 Å². The van der Waals surface area contributed by atoms with Crippen LogP contribution in [0.4, 0.5) is 11.5 Å². The molecule has 3 rings (SSSR count). The topological polar surface area (TPSA) is 112 Å². The van der Waals surface area contributed by atoms with E-state index < -0.39 is 10.8 Å². The van der Waals surface area contributed by atoms with Crippen LogP contribution < -0.4 is 10.6 Å².